The van der Waals surface area contributed by atoms with Crippen LogP contribution in [-0.2, 0) is 4.79 Å². The van der Waals surface area contributed by atoms with Crippen molar-refractivity contribution in [1.29, 1.82) is 0 Å². The average molecular weight is 342 g/mol. The fraction of sp³-hybridized carbons (Fsp3) is 0.450. The van der Waals surface area contributed by atoms with Crippen molar-refractivity contribution in [3.8, 4) is 0 Å². The molecule has 0 aromatic heterocycles. The smallest absolute Gasteiger partial charge is 0.240 e. The lowest BCUT2D eigenvalue weighted by molar-refractivity contribution is -0.135. The molecule has 132 valence electrons. The second-order valence-electron chi connectivity index (χ2n) is 7.13. The quantitative estimate of drug-likeness (QED) is 0.881. The van der Waals surface area contributed by atoms with Crippen LogP contribution in [0.3, 0.4) is 0 Å². The van der Waals surface area contributed by atoms with Gasteiger partial charge in [-0.3, -0.25) is 4.79 Å². The van der Waals surface area contributed by atoms with Crippen molar-refractivity contribution in [2.24, 2.45) is 0 Å². The van der Waals surface area contributed by atoms with Gasteiger partial charge in [0.25, 0.3) is 0 Å². The zero-order chi connectivity index (χ0) is 17.4. The number of hydrogen-bond acceptors (Lipinski definition) is 3. The van der Waals surface area contributed by atoms with Crippen LogP contribution in [0.25, 0.3) is 10.8 Å². The van der Waals surface area contributed by atoms with Gasteiger partial charge in [0.05, 0.1) is 12.1 Å². The van der Waals surface area contributed by atoms with E-state index in [1.54, 1.807) is 6.07 Å². The van der Waals surface area contributed by atoms with Crippen LogP contribution in [0.1, 0.15) is 30.7 Å². The summed E-state index contributed by atoms with van der Waals surface area (Å²) in [6.07, 6.45) is 1.95. The monoisotopic (exact) mass is 342 g/mol. The third-order valence-electron chi connectivity index (χ3n) is 5.52. The number of amides is 1. The van der Waals surface area contributed by atoms with Crippen LogP contribution in [0.4, 0.5) is 4.39 Å². The van der Waals surface area contributed by atoms with Gasteiger partial charge in [-0.25, -0.2) is 4.39 Å². The van der Waals surface area contributed by atoms with Gasteiger partial charge in [0, 0.05) is 19.0 Å². The summed E-state index contributed by atoms with van der Waals surface area (Å²) in [6, 6.07) is 10.6. The summed E-state index contributed by atoms with van der Waals surface area (Å²) in [5, 5.41) is 14.9. The van der Waals surface area contributed by atoms with E-state index in [-0.39, 0.29) is 29.8 Å². The molecular formula is C20H23FN2O2. The Morgan fingerprint density at radius 3 is 2.60 bits per heavy atom. The second-order valence-corrected chi connectivity index (χ2v) is 7.13. The minimum Gasteiger partial charge on any atom is -0.393 e. The molecule has 0 aliphatic carbocycles. The SMILES string of the molecule is O=C([C@H]1NCC[C@H]1c1ccc2cc(F)ccc2c1)N1CCC(O)CC1. The first kappa shape index (κ1) is 16.5. The molecule has 2 heterocycles. The Morgan fingerprint density at radius 1 is 1.08 bits per heavy atom. The van der Waals surface area contributed by atoms with Crippen LogP contribution in [-0.4, -0.2) is 47.7 Å². The van der Waals surface area contributed by atoms with E-state index in [1.165, 1.54) is 12.1 Å². The lowest BCUT2D eigenvalue weighted by atomic mass is 9.89. The molecule has 25 heavy (non-hydrogen) atoms. The van der Waals surface area contributed by atoms with Crippen molar-refractivity contribution in [1.82, 2.24) is 10.2 Å². The molecule has 4 nitrogen and oxygen atoms in total. The maximum absolute atomic E-state index is 13.4. The van der Waals surface area contributed by atoms with Crippen molar-refractivity contribution in [3.05, 3.63) is 47.8 Å². The molecule has 5 heteroatoms. The number of likely N-dealkylation sites (tertiary alicyclic amines) is 1. The molecule has 2 fully saturated rings. The molecule has 0 saturated carbocycles. The summed E-state index contributed by atoms with van der Waals surface area (Å²) >= 11 is 0. The predicted molar refractivity (Wildman–Crippen MR) is 94.9 cm³/mol. The Kier molecular flexibility index (Phi) is 4.44. The van der Waals surface area contributed by atoms with E-state index >= 15 is 0 Å². The normalized spacial score (nSPS) is 24.8. The molecule has 0 spiro atoms. The number of carbonyl (C=O) groups excluding carboxylic acids is 1. The molecule has 0 unspecified atom stereocenters. The largest absolute Gasteiger partial charge is 0.393 e. The number of nitrogens with one attached hydrogen (secondary N) is 1. The summed E-state index contributed by atoms with van der Waals surface area (Å²) in [6.45, 7) is 2.07. The van der Waals surface area contributed by atoms with Gasteiger partial charge in [-0.05, 0) is 54.3 Å². The molecule has 2 aromatic carbocycles. The highest BCUT2D eigenvalue weighted by atomic mass is 19.1. The highest BCUT2D eigenvalue weighted by Crippen LogP contribution is 2.31. The number of rotatable bonds is 2. The minimum atomic E-state index is -0.280. The maximum Gasteiger partial charge on any atom is 0.240 e. The van der Waals surface area contributed by atoms with Crippen molar-refractivity contribution in [2.75, 3.05) is 19.6 Å². The van der Waals surface area contributed by atoms with Gasteiger partial charge in [-0.2, -0.15) is 0 Å². The number of piperidine rings is 1. The Balaban J connectivity index is 1.56. The van der Waals surface area contributed by atoms with Crippen molar-refractivity contribution < 1.29 is 14.3 Å². The van der Waals surface area contributed by atoms with Crippen LogP contribution < -0.4 is 5.32 Å². The summed E-state index contributed by atoms with van der Waals surface area (Å²) in [5.74, 6) is 0.0329. The molecule has 2 aromatic rings. The molecule has 2 N–H and O–H groups in total. The van der Waals surface area contributed by atoms with Crippen molar-refractivity contribution in [2.45, 2.75) is 37.3 Å². The summed E-state index contributed by atoms with van der Waals surface area (Å²) in [7, 11) is 0. The molecule has 2 saturated heterocycles. The Labute approximate surface area is 146 Å². The highest BCUT2D eigenvalue weighted by Gasteiger charge is 2.37. The number of nitrogens with zero attached hydrogens (tertiary/aromatic N) is 1. The summed E-state index contributed by atoms with van der Waals surface area (Å²) in [5.41, 5.74) is 1.12. The number of benzene rings is 2. The zero-order valence-corrected chi connectivity index (χ0v) is 14.1. The maximum atomic E-state index is 13.4. The predicted octanol–water partition coefficient (Wildman–Crippen LogP) is 2.41. The molecule has 2 aliphatic rings. The zero-order valence-electron chi connectivity index (χ0n) is 14.1. The number of fused-ring (bicyclic) bond motifs is 1. The van der Waals surface area contributed by atoms with Crippen LogP contribution in [0.2, 0.25) is 0 Å². The van der Waals surface area contributed by atoms with Gasteiger partial charge in [-0.15, -0.1) is 0 Å². The molecule has 1 amide bonds. The topological polar surface area (TPSA) is 52.6 Å². The van der Waals surface area contributed by atoms with E-state index in [2.05, 4.69) is 11.4 Å². The third kappa shape index (κ3) is 3.26. The van der Waals surface area contributed by atoms with Gasteiger partial charge in [0.1, 0.15) is 5.82 Å². The summed E-state index contributed by atoms with van der Waals surface area (Å²) in [4.78, 5) is 14.8. The van der Waals surface area contributed by atoms with Crippen LogP contribution in [0, 0.1) is 5.82 Å². The molecular weight excluding hydrogens is 319 g/mol. The van der Waals surface area contributed by atoms with Crippen LogP contribution >= 0.6 is 0 Å². The highest BCUT2D eigenvalue weighted by molar-refractivity contribution is 5.86. The van der Waals surface area contributed by atoms with E-state index in [9.17, 15) is 14.3 Å². The first-order chi connectivity index (χ1) is 12.1. The Bertz CT molecular complexity index is 786. The second kappa shape index (κ2) is 6.73. The van der Waals surface area contributed by atoms with Gasteiger partial charge in [-0.1, -0.05) is 24.3 Å². The lowest BCUT2D eigenvalue weighted by Crippen LogP contribution is -2.49. The van der Waals surface area contributed by atoms with Crippen LogP contribution in [0.15, 0.2) is 36.4 Å². The number of carbonyl (C=O) groups is 1. The molecule has 2 atom stereocenters. The van der Waals surface area contributed by atoms with E-state index < -0.39 is 0 Å². The standard InChI is InChI=1S/C20H23FN2O2/c21-16-4-3-13-11-15(2-1-14(13)12-16)18-5-8-22-19(18)20(25)23-9-6-17(24)7-10-23/h1-4,11-12,17-19,22,24H,5-10H2/t18-,19-/m0/s1. The Hall–Kier alpha value is -1.98. The minimum absolute atomic E-state index is 0.133. The van der Waals surface area contributed by atoms with E-state index in [1.807, 2.05) is 17.0 Å². The third-order valence-corrected chi connectivity index (χ3v) is 5.52. The molecule has 0 bridgehead atoms. The van der Waals surface area contributed by atoms with Gasteiger partial charge in [0.15, 0.2) is 0 Å². The number of halogens is 1. The summed E-state index contributed by atoms with van der Waals surface area (Å²) < 4.78 is 13.4. The molecule has 2 aliphatic heterocycles. The molecule has 0 radical (unpaired) electrons. The number of hydrogen-bond donors (Lipinski definition) is 2. The number of aliphatic hydroxyl groups excluding tert-OH is 1. The van der Waals surface area contributed by atoms with Crippen molar-refractivity contribution in [3.63, 3.8) is 0 Å². The van der Waals surface area contributed by atoms with E-state index in [4.69, 9.17) is 0 Å². The van der Waals surface area contributed by atoms with Crippen molar-refractivity contribution >= 4 is 16.7 Å². The lowest BCUT2D eigenvalue weighted by Gasteiger charge is -2.33. The fourth-order valence-electron chi connectivity index (χ4n) is 4.07. The molecule has 4 rings (SSSR count). The first-order valence-electron chi connectivity index (χ1n) is 9.01. The van der Waals surface area contributed by atoms with Crippen LogP contribution in [0.5, 0.6) is 0 Å². The fourth-order valence-corrected chi connectivity index (χ4v) is 4.07. The van der Waals surface area contributed by atoms with Gasteiger partial charge < -0.3 is 15.3 Å². The van der Waals surface area contributed by atoms with Gasteiger partial charge in [0.2, 0.25) is 5.91 Å². The number of aliphatic hydroxyl groups is 1. The average Bonchev–Trinajstić information content (AvgIpc) is 3.11. The van der Waals surface area contributed by atoms with E-state index in [0.717, 1.165) is 29.3 Å². The van der Waals surface area contributed by atoms with Gasteiger partial charge >= 0.3 is 0 Å². The first-order valence-corrected chi connectivity index (χ1v) is 9.01. The Morgan fingerprint density at radius 2 is 1.80 bits per heavy atom. The van der Waals surface area contributed by atoms with E-state index in [0.29, 0.717) is 25.9 Å².